The van der Waals surface area contributed by atoms with Gasteiger partial charge in [0.25, 0.3) is 17.7 Å². The van der Waals surface area contributed by atoms with E-state index in [1.807, 2.05) is 0 Å². The SMILES string of the molecule is CC(Cl)C(=O)NCCNC(=O)c1ccc2c(c1)C(=O)N(C(C)(C)C)C2=O. The molecule has 2 rings (SSSR count). The van der Waals surface area contributed by atoms with Gasteiger partial charge in [-0.1, -0.05) is 0 Å². The van der Waals surface area contributed by atoms with Crippen LogP contribution in [-0.2, 0) is 4.79 Å². The standard InChI is InChI=1S/C18H22ClN3O4/c1-10(19)14(23)20-7-8-21-15(24)11-5-6-12-13(9-11)17(26)22(16(12)25)18(2,3)4/h5-6,9-10H,7-8H2,1-4H3,(H,20,23)(H,21,24). The van der Waals surface area contributed by atoms with Crippen LogP contribution in [-0.4, -0.2) is 52.5 Å². The average Bonchev–Trinajstić information content (AvgIpc) is 2.81. The van der Waals surface area contributed by atoms with Crippen molar-refractivity contribution in [2.75, 3.05) is 13.1 Å². The quantitative estimate of drug-likeness (QED) is 0.461. The summed E-state index contributed by atoms with van der Waals surface area (Å²) < 4.78 is 0. The van der Waals surface area contributed by atoms with Crippen LogP contribution in [0.1, 0.15) is 58.8 Å². The lowest BCUT2D eigenvalue weighted by molar-refractivity contribution is -0.120. The number of hydrogen-bond acceptors (Lipinski definition) is 4. The average molecular weight is 380 g/mol. The summed E-state index contributed by atoms with van der Waals surface area (Å²) in [6.07, 6.45) is 0. The Bertz CT molecular complexity index is 768. The van der Waals surface area contributed by atoms with E-state index in [9.17, 15) is 19.2 Å². The number of fused-ring (bicyclic) bond motifs is 1. The zero-order chi connectivity index (χ0) is 19.6. The van der Waals surface area contributed by atoms with Gasteiger partial charge < -0.3 is 10.6 Å². The maximum atomic E-state index is 12.5. The van der Waals surface area contributed by atoms with Crippen molar-refractivity contribution in [3.05, 3.63) is 34.9 Å². The highest BCUT2D eigenvalue weighted by Crippen LogP contribution is 2.29. The number of alkyl halides is 1. The minimum Gasteiger partial charge on any atom is -0.353 e. The van der Waals surface area contributed by atoms with Crippen LogP contribution in [0.2, 0.25) is 0 Å². The van der Waals surface area contributed by atoms with Crippen LogP contribution >= 0.6 is 11.6 Å². The van der Waals surface area contributed by atoms with E-state index in [2.05, 4.69) is 10.6 Å². The second-order valence-electron chi connectivity index (χ2n) is 7.04. The third kappa shape index (κ3) is 4.04. The molecule has 1 aliphatic rings. The highest BCUT2D eigenvalue weighted by molar-refractivity contribution is 6.30. The number of hydrogen-bond donors (Lipinski definition) is 2. The largest absolute Gasteiger partial charge is 0.353 e. The summed E-state index contributed by atoms with van der Waals surface area (Å²) in [5.74, 6) is -1.47. The fraction of sp³-hybridized carbons (Fsp3) is 0.444. The number of rotatable bonds is 5. The fourth-order valence-electron chi connectivity index (χ4n) is 2.60. The van der Waals surface area contributed by atoms with Crippen molar-refractivity contribution in [3.8, 4) is 0 Å². The lowest BCUT2D eigenvalue weighted by atomic mass is 10.1. The van der Waals surface area contributed by atoms with E-state index in [1.54, 1.807) is 27.7 Å². The van der Waals surface area contributed by atoms with Gasteiger partial charge in [-0.25, -0.2) is 0 Å². The van der Waals surface area contributed by atoms with E-state index in [1.165, 1.54) is 23.1 Å². The number of amides is 4. The molecule has 8 heteroatoms. The van der Waals surface area contributed by atoms with Gasteiger partial charge in [0.1, 0.15) is 5.38 Å². The summed E-state index contributed by atoms with van der Waals surface area (Å²) in [6.45, 7) is 7.34. The second-order valence-corrected chi connectivity index (χ2v) is 7.69. The molecule has 1 heterocycles. The molecule has 0 radical (unpaired) electrons. The van der Waals surface area contributed by atoms with Gasteiger partial charge in [0, 0.05) is 24.2 Å². The fourth-order valence-corrected chi connectivity index (χ4v) is 2.67. The lowest BCUT2D eigenvalue weighted by Crippen LogP contribution is -2.45. The van der Waals surface area contributed by atoms with Crippen molar-refractivity contribution >= 4 is 35.2 Å². The minimum absolute atomic E-state index is 0.215. The Morgan fingerprint density at radius 3 is 2.23 bits per heavy atom. The number of nitrogens with one attached hydrogen (secondary N) is 2. The van der Waals surface area contributed by atoms with Crippen LogP contribution in [0.15, 0.2) is 18.2 Å². The van der Waals surface area contributed by atoms with Gasteiger partial charge in [-0.05, 0) is 45.9 Å². The van der Waals surface area contributed by atoms with Crippen LogP contribution < -0.4 is 10.6 Å². The molecule has 0 bridgehead atoms. The van der Waals surface area contributed by atoms with Crippen LogP contribution in [0, 0.1) is 0 Å². The van der Waals surface area contributed by atoms with Crippen molar-refractivity contribution in [3.63, 3.8) is 0 Å². The van der Waals surface area contributed by atoms with E-state index in [4.69, 9.17) is 11.6 Å². The van der Waals surface area contributed by atoms with Crippen LogP contribution in [0.25, 0.3) is 0 Å². The third-order valence-electron chi connectivity index (χ3n) is 3.89. The number of carbonyl (C=O) groups is 4. The van der Waals surface area contributed by atoms with Gasteiger partial charge in [-0.3, -0.25) is 24.1 Å². The topological polar surface area (TPSA) is 95.6 Å². The number of halogens is 1. The predicted octanol–water partition coefficient (Wildman–Crippen LogP) is 1.55. The molecule has 0 fully saturated rings. The molecule has 1 aliphatic heterocycles. The molecule has 1 aromatic rings. The number of carbonyl (C=O) groups excluding carboxylic acids is 4. The van der Waals surface area contributed by atoms with E-state index < -0.39 is 22.7 Å². The van der Waals surface area contributed by atoms with Crippen LogP contribution in [0.3, 0.4) is 0 Å². The first-order chi connectivity index (χ1) is 12.0. The minimum atomic E-state index is -0.645. The van der Waals surface area contributed by atoms with Gasteiger partial charge >= 0.3 is 0 Å². The third-order valence-corrected chi connectivity index (χ3v) is 4.09. The molecule has 1 aromatic carbocycles. The normalized spacial score (nSPS) is 14.9. The van der Waals surface area contributed by atoms with E-state index in [0.717, 1.165) is 0 Å². The van der Waals surface area contributed by atoms with Crippen LogP contribution in [0.5, 0.6) is 0 Å². The van der Waals surface area contributed by atoms with Gasteiger partial charge in [0.2, 0.25) is 5.91 Å². The predicted molar refractivity (Wildman–Crippen MR) is 97.4 cm³/mol. The van der Waals surface area contributed by atoms with Crippen molar-refractivity contribution in [2.45, 2.75) is 38.6 Å². The molecule has 0 spiro atoms. The Labute approximate surface area is 157 Å². The molecular weight excluding hydrogens is 358 g/mol. The molecule has 0 aromatic heterocycles. The maximum Gasteiger partial charge on any atom is 0.262 e. The Morgan fingerprint density at radius 2 is 1.65 bits per heavy atom. The molecule has 26 heavy (non-hydrogen) atoms. The van der Waals surface area contributed by atoms with Crippen LogP contribution in [0.4, 0.5) is 0 Å². The van der Waals surface area contributed by atoms with E-state index >= 15 is 0 Å². The zero-order valence-corrected chi connectivity index (χ0v) is 15.9. The van der Waals surface area contributed by atoms with Crippen molar-refractivity contribution in [1.29, 1.82) is 0 Å². The van der Waals surface area contributed by atoms with E-state index in [-0.39, 0.29) is 36.0 Å². The maximum absolute atomic E-state index is 12.5. The van der Waals surface area contributed by atoms with Gasteiger partial charge in [-0.2, -0.15) is 0 Å². The summed E-state index contributed by atoms with van der Waals surface area (Å²) in [5, 5.41) is 4.58. The first-order valence-corrected chi connectivity index (χ1v) is 8.70. The smallest absolute Gasteiger partial charge is 0.262 e. The monoisotopic (exact) mass is 379 g/mol. The second kappa shape index (κ2) is 7.45. The molecule has 0 saturated carbocycles. The molecule has 7 nitrogen and oxygen atoms in total. The molecule has 4 amide bonds. The summed E-state index contributed by atoms with van der Waals surface area (Å²) in [5.41, 5.74) is 0.150. The lowest BCUT2D eigenvalue weighted by Gasteiger charge is -2.29. The molecule has 140 valence electrons. The molecule has 1 atom stereocenters. The van der Waals surface area contributed by atoms with Gasteiger partial charge in [0.15, 0.2) is 0 Å². The van der Waals surface area contributed by atoms with E-state index in [0.29, 0.717) is 5.56 Å². The summed E-state index contributed by atoms with van der Waals surface area (Å²) >= 11 is 5.63. The first-order valence-electron chi connectivity index (χ1n) is 8.27. The Kier molecular flexibility index (Phi) is 5.71. The van der Waals surface area contributed by atoms with Gasteiger partial charge in [0.05, 0.1) is 11.1 Å². The van der Waals surface area contributed by atoms with Gasteiger partial charge in [-0.15, -0.1) is 11.6 Å². The Hall–Kier alpha value is -2.41. The Balaban J connectivity index is 2.05. The summed E-state index contributed by atoms with van der Waals surface area (Å²) in [4.78, 5) is 49.7. The Morgan fingerprint density at radius 1 is 1.08 bits per heavy atom. The highest BCUT2D eigenvalue weighted by Gasteiger charge is 2.42. The van der Waals surface area contributed by atoms with Crippen molar-refractivity contribution in [1.82, 2.24) is 15.5 Å². The number of imide groups is 1. The number of nitrogens with zero attached hydrogens (tertiary/aromatic N) is 1. The molecule has 1 unspecified atom stereocenters. The first kappa shape index (κ1) is 19.9. The molecule has 2 N–H and O–H groups in total. The molecule has 0 aliphatic carbocycles. The zero-order valence-electron chi connectivity index (χ0n) is 15.2. The summed E-state index contributed by atoms with van der Waals surface area (Å²) in [6, 6.07) is 4.42. The summed E-state index contributed by atoms with van der Waals surface area (Å²) in [7, 11) is 0. The number of benzene rings is 1. The molecular formula is C18H22ClN3O4. The molecule has 0 saturated heterocycles. The highest BCUT2D eigenvalue weighted by atomic mass is 35.5. The van der Waals surface area contributed by atoms with Crippen molar-refractivity contribution < 1.29 is 19.2 Å². The van der Waals surface area contributed by atoms with Crippen molar-refractivity contribution in [2.24, 2.45) is 0 Å².